The summed E-state index contributed by atoms with van der Waals surface area (Å²) in [5.74, 6) is 0.242. The van der Waals surface area contributed by atoms with E-state index in [4.69, 9.17) is 0 Å². The van der Waals surface area contributed by atoms with Gasteiger partial charge in [0.05, 0.1) is 23.6 Å². The molecule has 0 aliphatic heterocycles. The van der Waals surface area contributed by atoms with Crippen molar-refractivity contribution in [3.63, 3.8) is 0 Å². The van der Waals surface area contributed by atoms with Crippen LogP contribution in [0.5, 0.6) is 0 Å². The molecule has 0 aliphatic rings. The Morgan fingerprint density at radius 1 is 0.537 bits per heavy atom. The van der Waals surface area contributed by atoms with Gasteiger partial charge >= 0.3 is 0 Å². The topological polar surface area (TPSA) is 84.0 Å². The predicted molar refractivity (Wildman–Crippen MR) is 167 cm³/mol. The largest absolute Gasteiger partial charge is 0.344 e. The molecule has 0 saturated heterocycles. The van der Waals surface area contributed by atoms with Gasteiger partial charge in [-0.25, -0.2) is 0 Å². The van der Waals surface area contributed by atoms with Crippen molar-refractivity contribution in [3.05, 3.63) is 144 Å². The van der Waals surface area contributed by atoms with Crippen LogP contribution in [0, 0.1) is 0 Å². The minimum absolute atomic E-state index is 0.0932. The molecule has 2 N–H and O–H groups in total. The predicted octanol–water partition coefficient (Wildman–Crippen LogP) is 6.53. The van der Waals surface area contributed by atoms with Gasteiger partial charge in [-0.05, 0) is 22.3 Å². The molecule has 0 saturated carbocycles. The van der Waals surface area contributed by atoms with Crippen LogP contribution in [-0.4, -0.2) is 33.5 Å². The first-order chi connectivity index (χ1) is 20.2. The van der Waals surface area contributed by atoms with E-state index in [9.17, 15) is 9.59 Å². The lowest BCUT2D eigenvalue weighted by Crippen LogP contribution is -2.30. The number of rotatable bonds is 12. The van der Waals surface area contributed by atoms with Crippen molar-refractivity contribution >= 4 is 46.7 Å². The van der Waals surface area contributed by atoms with Crippen LogP contribution in [0.1, 0.15) is 34.3 Å². The maximum atomic E-state index is 12.9. The first-order valence-corrected chi connectivity index (χ1v) is 15.8. The van der Waals surface area contributed by atoms with Gasteiger partial charge < -0.3 is 10.6 Å². The lowest BCUT2D eigenvalue weighted by atomic mass is 9.99. The van der Waals surface area contributed by atoms with Crippen molar-refractivity contribution in [1.82, 2.24) is 20.8 Å². The van der Waals surface area contributed by atoms with E-state index in [-0.39, 0.29) is 35.4 Å². The third kappa shape index (κ3) is 8.29. The Morgan fingerprint density at radius 3 is 1.12 bits per heavy atom. The molecule has 41 heavy (non-hydrogen) atoms. The zero-order chi connectivity index (χ0) is 28.3. The van der Waals surface area contributed by atoms with Gasteiger partial charge in [-0.15, -0.1) is 10.2 Å². The average Bonchev–Trinajstić information content (AvgIpc) is 3.50. The molecule has 9 heteroatoms. The Bertz CT molecular complexity index is 1340. The fraction of sp³-hybridized carbons (Fsp3) is 0.125. The van der Waals surface area contributed by atoms with Crippen LogP contribution in [0.25, 0.3) is 0 Å². The van der Waals surface area contributed by atoms with E-state index in [1.807, 2.05) is 121 Å². The Hall–Kier alpha value is -3.92. The van der Waals surface area contributed by atoms with Crippen molar-refractivity contribution in [1.29, 1.82) is 0 Å². The Morgan fingerprint density at radius 2 is 0.829 bits per heavy atom. The lowest BCUT2D eigenvalue weighted by molar-refractivity contribution is -0.119. The molecular weight excluding hydrogens is 569 g/mol. The van der Waals surface area contributed by atoms with Crippen molar-refractivity contribution in [2.45, 2.75) is 20.8 Å². The molecular formula is C32H28N4O2S3. The molecule has 0 fully saturated rings. The molecule has 0 bridgehead atoms. The summed E-state index contributed by atoms with van der Waals surface area (Å²) in [4.78, 5) is 25.8. The molecule has 2 amide bonds. The summed E-state index contributed by atoms with van der Waals surface area (Å²) in [6.07, 6.45) is 0. The standard InChI is InChI=1S/C32H28N4O2S3/c37-27(33-29(23-13-5-1-6-14-23)24-15-7-2-8-16-24)21-39-31-35-36-32(41-31)40-22-28(38)34-30(25-17-9-3-10-18-25)26-19-11-4-12-20-26/h1-20,29-30H,21-22H2,(H,33,37)(H,34,38). The highest BCUT2D eigenvalue weighted by molar-refractivity contribution is 8.03. The second-order valence-electron chi connectivity index (χ2n) is 9.06. The van der Waals surface area contributed by atoms with Gasteiger partial charge in [-0.1, -0.05) is 156 Å². The third-order valence-electron chi connectivity index (χ3n) is 6.18. The Balaban J connectivity index is 1.14. The number of hydrogen-bond acceptors (Lipinski definition) is 7. The summed E-state index contributed by atoms with van der Waals surface area (Å²) in [7, 11) is 0. The normalized spacial score (nSPS) is 11.0. The molecule has 5 aromatic rings. The average molecular weight is 597 g/mol. The van der Waals surface area contributed by atoms with E-state index in [0.29, 0.717) is 8.68 Å². The zero-order valence-corrected chi connectivity index (χ0v) is 24.5. The summed E-state index contributed by atoms with van der Waals surface area (Å²) < 4.78 is 1.37. The number of benzene rings is 4. The van der Waals surface area contributed by atoms with Gasteiger partial charge in [0.2, 0.25) is 11.8 Å². The smallest absolute Gasteiger partial charge is 0.231 e. The van der Waals surface area contributed by atoms with Crippen molar-refractivity contribution in [2.24, 2.45) is 0 Å². The highest BCUT2D eigenvalue weighted by Crippen LogP contribution is 2.30. The maximum absolute atomic E-state index is 12.9. The summed E-state index contributed by atoms with van der Waals surface area (Å²) in [6, 6.07) is 39.2. The van der Waals surface area contributed by atoms with Gasteiger partial charge in [-0.2, -0.15) is 0 Å². The molecule has 5 rings (SSSR count). The Kier molecular flexibility index (Phi) is 10.2. The summed E-state index contributed by atoms with van der Waals surface area (Å²) in [5.41, 5.74) is 4.08. The zero-order valence-electron chi connectivity index (χ0n) is 22.1. The van der Waals surface area contributed by atoms with Crippen molar-refractivity contribution < 1.29 is 9.59 Å². The number of thioether (sulfide) groups is 2. The minimum atomic E-state index is -0.236. The molecule has 0 unspecified atom stereocenters. The first kappa shape index (κ1) is 28.6. The maximum Gasteiger partial charge on any atom is 0.231 e. The molecule has 6 nitrogen and oxygen atoms in total. The van der Waals surface area contributed by atoms with Crippen molar-refractivity contribution in [2.75, 3.05) is 11.5 Å². The SMILES string of the molecule is O=C(CSc1nnc(SCC(=O)NC(c2ccccc2)c2ccccc2)s1)NC(c1ccccc1)c1ccccc1. The van der Waals surface area contributed by atoms with E-state index >= 15 is 0 Å². The number of aromatic nitrogens is 2. The molecule has 1 aromatic heterocycles. The molecule has 206 valence electrons. The number of nitrogens with one attached hydrogen (secondary N) is 2. The number of amides is 2. The van der Waals surface area contributed by atoms with E-state index < -0.39 is 0 Å². The first-order valence-electron chi connectivity index (χ1n) is 13.0. The van der Waals surface area contributed by atoms with Gasteiger partial charge in [0.25, 0.3) is 0 Å². The van der Waals surface area contributed by atoms with Crippen LogP contribution in [-0.2, 0) is 9.59 Å². The second-order valence-corrected chi connectivity index (χ2v) is 12.5. The summed E-state index contributed by atoms with van der Waals surface area (Å²) >= 11 is 4.06. The van der Waals surface area contributed by atoms with Crippen molar-refractivity contribution in [3.8, 4) is 0 Å². The Labute approximate surface area is 252 Å². The summed E-state index contributed by atoms with van der Waals surface area (Å²) in [6.45, 7) is 0. The van der Waals surface area contributed by atoms with Crippen LogP contribution in [0.3, 0.4) is 0 Å². The molecule has 4 aromatic carbocycles. The molecule has 1 heterocycles. The molecule has 0 radical (unpaired) electrons. The van der Waals surface area contributed by atoms with Gasteiger partial charge in [0, 0.05) is 0 Å². The number of nitrogens with zero attached hydrogens (tertiary/aromatic N) is 2. The van der Waals surface area contributed by atoms with E-state index in [1.165, 1.54) is 34.9 Å². The molecule has 0 atom stereocenters. The van der Waals surface area contributed by atoms with E-state index in [0.717, 1.165) is 22.3 Å². The van der Waals surface area contributed by atoms with Gasteiger partial charge in [-0.3, -0.25) is 9.59 Å². The van der Waals surface area contributed by atoms with Crippen LogP contribution in [0.4, 0.5) is 0 Å². The number of carbonyl (C=O) groups is 2. The monoisotopic (exact) mass is 596 g/mol. The third-order valence-corrected chi connectivity index (χ3v) is 9.37. The highest BCUT2D eigenvalue weighted by atomic mass is 32.2. The number of hydrogen-bond donors (Lipinski definition) is 2. The quantitative estimate of drug-likeness (QED) is 0.159. The molecule has 0 aliphatic carbocycles. The lowest BCUT2D eigenvalue weighted by Gasteiger charge is -2.19. The molecule has 0 spiro atoms. The summed E-state index contributed by atoms with van der Waals surface area (Å²) in [5, 5.41) is 14.7. The fourth-order valence-electron chi connectivity index (χ4n) is 4.27. The van der Waals surface area contributed by atoms with Gasteiger partial charge in [0.1, 0.15) is 0 Å². The van der Waals surface area contributed by atoms with Crippen LogP contribution in [0.2, 0.25) is 0 Å². The fourth-order valence-corrected chi connectivity index (χ4v) is 6.92. The van der Waals surface area contributed by atoms with Crippen LogP contribution in [0.15, 0.2) is 130 Å². The van der Waals surface area contributed by atoms with Gasteiger partial charge in [0.15, 0.2) is 8.68 Å². The number of carbonyl (C=O) groups excluding carboxylic acids is 2. The van der Waals surface area contributed by atoms with Crippen LogP contribution < -0.4 is 10.6 Å². The van der Waals surface area contributed by atoms with Crippen LogP contribution >= 0.6 is 34.9 Å². The van der Waals surface area contributed by atoms with E-state index in [2.05, 4.69) is 20.8 Å². The van der Waals surface area contributed by atoms with E-state index in [1.54, 1.807) is 0 Å². The minimum Gasteiger partial charge on any atom is -0.344 e. The second kappa shape index (κ2) is 14.6. The highest BCUT2D eigenvalue weighted by Gasteiger charge is 2.19.